The average molecular weight is 192 g/mol. The standard InChI is InChI=1S/C10H6F2N2/c11-8-6-13-10(12)14-9(8)7-4-2-1-3-5-7/h1-6H. The Kier molecular flexibility index (Phi) is 2.18. The van der Waals surface area contributed by atoms with Crippen molar-refractivity contribution in [1.29, 1.82) is 0 Å². The van der Waals surface area contributed by atoms with Crippen molar-refractivity contribution >= 4 is 0 Å². The first kappa shape index (κ1) is 8.74. The molecule has 0 radical (unpaired) electrons. The maximum atomic E-state index is 13.2. The van der Waals surface area contributed by atoms with Gasteiger partial charge in [0.05, 0.1) is 6.20 Å². The van der Waals surface area contributed by atoms with E-state index in [0.29, 0.717) is 5.56 Å². The highest BCUT2D eigenvalue weighted by Crippen LogP contribution is 2.18. The van der Waals surface area contributed by atoms with Gasteiger partial charge in [-0.15, -0.1) is 0 Å². The maximum Gasteiger partial charge on any atom is 0.309 e. The summed E-state index contributed by atoms with van der Waals surface area (Å²) in [5.41, 5.74) is 0.518. The minimum atomic E-state index is -0.926. The summed E-state index contributed by atoms with van der Waals surface area (Å²) in [6.07, 6.45) is -0.102. The number of nitrogens with zero attached hydrogens (tertiary/aromatic N) is 2. The molecule has 1 aromatic heterocycles. The lowest BCUT2D eigenvalue weighted by molar-refractivity contribution is 0.519. The van der Waals surface area contributed by atoms with Crippen molar-refractivity contribution < 1.29 is 8.78 Å². The van der Waals surface area contributed by atoms with E-state index < -0.39 is 11.9 Å². The van der Waals surface area contributed by atoms with Crippen LogP contribution in [0.5, 0.6) is 0 Å². The van der Waals surface area contributed by atoms with Gasteiger partial charge in [0.2, 0.25) is 0 Å². The summed E-state index contributed by atoms with van der Waals surface area (Å²) < 4.78 is 25.8. The molecule has 0 saturated heterocycles. The normalized spacial score (nSPS) is 10.1. The van der Waals surface area contributed by atoms with Crippen molar-refractivity contribution in [2.75, 3.05) is 0 Å². The molecule has 2 aromatic rings. The predicted octanol–water partition coefficient (Wildman–Crippen LogP) is 2.42. The van der Waals surface area contributed by atoms with Crippen LogP contribution >= 0.6 is 0 Å². The van der Waals surface area contributed by atoms with Crippen molar-refractivity contribution in [2.45, 2.75) is 0 Å². The van der Waals surface area contributed by atoms with Gasteiger partial charge in [0.15, 0.2) is 5.82 Å². The lowest BCUT2D eigenvalue weighted by Crippen LogP contribution is -1.95. The number of halogens is 2. The van der Waals surface area contributed by atoms with Crippen molar-refractivity contribution in [1.82, 2.24) is 9.97 Å². The second kappa shape index (κ2) is 3.49. The molecule has 2 nitrogen and oxygen atoms in total. The lowest BCUT2D eigenvalue weighted by Gasteiger charge is -2.00. The Labute approximate surface area is 79.3 Å². The number of aromatic nitrogens is 2. The molecular weight excluding hydrogens is 186 g/mol. The van der Waals surface area contributed by atoms with Crippen LogP contribution in [-0.2, 0) is 0 Å². The molecule has 0 aliphatic heterocycles. The van der Waals surface area contributed by atoms with E-state index in [1.807, 2.05) is 0 Å². The Hall–Kier alpha value is -1.84. The van der Waals surface area contributed by atoms with E-state index in [4.69, 9.17) is 0 Å². The zero-order valence-corrected chi connectivity index (χ0v) is 7.11. The molecule has 0 aliphatic rings. The second-order valence-corrected chi connectivity index (χ2v) is 2.70. The fraction of sp³-hybridized carbons (Fsp3) is 0. The number of benzene rings is 1. The topological polar surface area (TPSA) is 25.8 Å². The summed E-state index contributed by atoms with van der Waals surface area (Å²) in [6.45, 7) is 0. The van der Waals surface area contributed by atoms with Crippen molar-refractivity contribution in [3.05, 3.63) is 48.4 Å². The molecule has 0 bridgehead atoms. The highest BCUT2D eigenvalue weighted by Gasteiger charge is 2.07. The van der Waals surface area contributed by atoms with E-state index in [-0.39, 0.29) is 5.69 Å². The van der Waals surface area contributed by atoms with Gasteiger partial charge < -0.3 is 0 Å². The van der Waals surface area contributed by atoms with Crippen LogP contribution in [0, 0.1) is 11.9 Å². The van der Waals surface area contributed by atoms with E-state index in [1.165, 1.54) is 0 Å². The van der Waals surface area contributed by atoms with Gasteiger partial charge >= 0.3 is 6.08 Å². The molecule has 0 spiro atoms. The zero-order chi connectivity index (χ0) is 9.97. The summed E-state index contributed by atoms with van der Waals surface area (Å²) in [4.78, 5) is 6.50. The smallest absolute Gasteiger partial charge is 0.208 e. The van der Waals surface area contributed by atoms with Crippen LogP contribution in [-0.4, -0.2) is 9.97 Å². The molecule has 0 aliphatic carbocycles. The largest absolute Gasteiger partial charge is 0.309 e. The Morgan fingerprint density at radius 2 is 1.71 bits per heavy atom. The highest BCUT2D eigenvalue weighted by molar-refractivity contribution is 5.58. The highest BCUT2D eigenvalue weighted by atomic mass is 19.1. The third-order valence-electron chi connectivity index (χ3n) is 1.76. The number of rotatable bonds is 1. The summed E-state index contributed by atoms with van der Waals surface area (Å²) in [5, 5.41) is 0. The van der Waals surface area contributed by atoms with Crippen LogP contribution in [0.15, 0.2) is 36.5 Å². The van der Waals surface area contributed by atoms with Crippen LogP contribution < -0.4 is 0 Å². The van der Waals surface area contributed by atoms with E-state index >= 15 is 0 Å². The predicted molar refractivity (Wildman–Crippen MR) is 47.4 cm³/mol. The molecule has 0 N–H and O–H groups in total. The minimum absolute atomic E-state index is 0.0156. The molecule has 0 saturated carbocycles. The van der Waals surface area contributed by atoms with Gasteiger partial charge in [-0.25, -0.2) is 9.37 Å². The quantitative estimate of drug-likeness (QED) is 0.648. The first-order chi connectivity index (χ1) is 6.77. The Morgan fingerprint density at radius 1 is 1.00 bits per heavy atom. The summed E-state index contributed by atoms with van der Waals surface area (Å²) in [5.74, 6) is -0.627. The fourth-order valence-electron chi connectivity index (χ4n) is 1.14. The van der Waals surface area contributed by atoms with E-state index in [0.717, 1.165) is 6.20 Å². The van der Waals surface area contributed by atoms with Gasteiger partial charge in [-0.05, 0) is 0 Å². The van der Waals surface area contributed by atoms with E-state index in [2.05, 4.69) is 9.97 Å². The number of hydrogen-bond donors (Lipinski definition) is 0. The van der Waals surface area contributed by atoms with Crippen LogP contribution in [0.2, 0.25) is 0 Å². The summed E-state index contributed by atoms with van der Waals surface area (Å²) in [6, 6.07) is 8.57. The lowest BCUT2D eigenvalue weighted by atomic mass is 10.1. The van der Waals surface area contributed by atoms with Gasteiger partial charge in [-0.3, -0.25) is 0 Å². The third kappa shape index (κ3) is 1.59. The van der Waals surface area contributed by atoms with Gasteiger partial charge in [0, 0.05) is 5.56 Å². The van der Waals surface area contributed by atoms with Crippen molar-refractivity contribution in [3.63, 3.8) is 0 Å². The van der Waals surface area contributed by atoms with Gasteiger partial charge in [-0.2, -0.15) is 9.37 Å². The van der Waals surface area contributed by atoms with Crippen LogP contribution in [0.3, 0.4) is 0 Å². The fourth-order valence-corrected chi connectivity index (χ4v) is 1.14. The molecule has 1 aromatic carbocycles. The average Bonchev–Trinajstić information content (AvgIpc) is 2.23. The molecule has 70 valence electrons. The van der Waals surface area contributed by atoms with Crippen LogP contribution in [0.25, 0.3) is 11.3 Å². The molecule has 2 rings (SSSR count). The molecule has 0 unspecified atom stereocenters. The summed E-state index contributed by atoms with van der Waals surface area (Å²) in [7, 11) is 0. The Bertz CT molecular complexity index is 443. The van der Waals surface area contributed by atoms with E-state index in [1.54, 1.807) is 30.3 Å². The van der Waals surface area contributed by atoms with Gasteiger partial charge in [0.25, 0.3) is 0 Å². The minimum Gasteiger partial charge on any atom is -0.208 e. The van der Waals surface area contributed by atoms with Gasteiger partial charge in [0.1, 0.15) is 5.69 Å². The first-order valence-corrected chi connectivity index (χ1v) is 4.01. The van der Waals surface area contributed by atoms with Crippen molar-refractivity contribution in [2.24, 2.45) is 0 Å². The number of hydrogen-bond acceptors (Lipinski definition) is 2. The van der Waals surface area contributed by atoms with Gasteiger partial charge in [-0.1, -0.05) is 30.3 Å². The molecule has 14 heavy (non-hydrogen) atoms. The zero-order valence-electron chi connectivity index (χ0n) is 7.11. The van der Waals surface area contributed by atoms with Crippen LogP contribution in [0.4, 0.5) is 8.78 Å². The van der Waals surface area contributed by atoms with Crippen LogP contribution in [0.1, 0.15) is 0 Å². The van der Waals surface area contributed by atoms with E-state index in [9.17, 15) is 8.78 Å². The Morgan fingerprint density at radius 3 is 2.43 bits per heavy atom. The second-order valence-electron chi connectivity index (χ2n) is 2.70. The molecule has 0 fully saturated rings. The Balaban J connectivity index is 2.57. The maximum absolute atomic E-state index is 13.2. The molecule has 0 amide bonds. The SMILES string of the molecule is Fc1ncc(F)c(-c2ccccc2)n1. The van der Waals surface area contributed by atoms with Crippen molar-refractivity contribution in [3.8, 4) is 11.3 Å². The molecule has 1 heterocycles. The molecule has 4 heteroatoms. The molecular formula is C10H6F2N2. The monoisotopic (exact) mass is 192 g/mol. The summed E-state index contributed by atoms with van der Waals surface area (Å²) >= 11 is 0. The first-order valence-electron chi connectivity index (χ1n) is 4.01. The molecule has 0 atom stereocenters. The third-order valence-corrected chi connectivity index (χ3v) is 1.76.